The molecule has 0 saturated heterocycles. The number of carbonyl (C=O) groups is 2. The van der Waals surface area contributed by atoms with Crippen molar-refractivity contribution in [3.8, 4) is 29.1 Å². The van der Waals surface area contributed by atoms with Gasteiger partial charge in [-0.05, 0) is 110 Å². The topological polar surface area (TPSA) is 181 Å². The molecular weight excluding hydrogens is 901 g/mol. The molecule has 382 valence electrons. The van der Waals surface area contributed by atoms with Crippen LogP contribution in [-0.4, -0.2) is 84.9 Å². The van der Waals surface area contributed by atoms with E-state index in [4.69, 9.17) is 33.7 Å². The van der Waals surface area contributed by atoms with Crippen molar-refractivity contribution in [2.24, 2.45) is 22.9 Å². The quantitative estimate of drug-likeness (QED) is 0.0358. The van der Waals surface area contributed by atoms with Crippen LogP contribution in [0.3, 0.4) is 0 Å². The second-order valence-electron chi connectivity index (χ2n) is 19.3. The zero-order chi connectivity index (χ0) is 50.0. The van der Waals surface area contributed by atoms with Crippen LogP contribution in [0.5, 0.6) is 23.0 Å². The van der Waals surface area contributed by atoms with Gasteiger partial charge in [0.25, 0.3) is 5.91 Å². The summed E-state index contributed by atoms with van der Waals surface area (Å²) in [6, 6.07) is 19.0. The Morgan fingerprint density at radius 2 is 1.59 bits per heavy atom. The molecule has 2 aliphatic carbocycles. The lowest BCUT2D eigenvalue weighted by Crippen LogP contribution is -2.70. The smallest absolute Gasteiger partial charge is 0.412 e. The molecule has 14 nitrogen and oxygen atoms in total. The Labute approximate surface area is 420 Å². The third-order valence-electron chi connectivity index (χ3n) is 14.5. The minimum atomic E-state index is -1.54. The van der Waals surface area contributed by atoms with E-state index < -0.39 is 23.8 Å². The summed E-state index contributed by atoms with van der Waals surface area (Å²) in [4.78, 5) is 36.2. The van der Waals surface area contributed by atoms with Gasteiger partial charge in [0, 0.05) is 49.8 Å². The lowest BCUT2D eigenvalue weighted by molar-refractivity contribution is -0.255. The predicted octanol–water partition coefficient (Wildman–Crippen LogP) is 10.9. The summed E-state index contributed by atoms with van der Waals surface area (Å²) in [7, 11) is 1.51. The van der Waals surface area contributed by atoms with Gasteiger partial charge in [-0.1, -0.05) is 101 Å². The van der Waals surface area contributed by atoms with Crippen LogP contribution < -0.4 is 24.3 Å². The fourth-order valence-electron chi connectivity index (χ4n) is 11.2. The number of amides is 2. The van der Waals surface area contributed by atoms with E-state index in [0.717, 1.165) is 61.6 Å². The van der Waals surface area contributed by atoms with Crippen molar-refractivity contribution in [2.75, 3.05) is 40.3 Å². The van der Waals surface area contributed by atoms with Crippen LogP contribution in [0, 0.1) is 29.1 Å². The van der Waals surface area contributed by atoms with Crippen molar-refractivity contribution in [1.29, 1.82) is 5.26 Å². The SMILES string of the molecule is C=CCO[C@@]12Oc3ccc(OC(=O)NCCCCCCCCCCCC)cc3[C@H]3[C@H](CCCCO)[C@@H](CCCCO)C=C(C(=NOC)C[C@@H]1N(Cc1ccc4c(c1)OCO4)C(=O)c1ccc(C#N)cc1)[C@H]32. The van der Waals surface area contributed by atoms with Gasteiger partial charge < -0.3 is 49.0 Å². The van der Waals surface area contributed by atoms with E-state index in [0.29, 0.717) is 59.2 Å². The molecule has 0 unspecified atom stereocenters. The molecule has 1 saturated carbocycles. The average molecular weight is 975 g/mol. The number of oxime groups is 1. The number of hydrogen-bond acceptors (Lipinski definition) is 12. The van der Waals surface area contributed by atoms with Crippen LogP contribution in [0.25, 0.3) is 0 Å². The van der Waals surface area contributed by atoms with Crippen molar-refractivity contribution < 1.29 is 48.3 Å². The van der Waals surface area contributed by atoms with Gasteiger partial charge in [0.05, 0.1) is 29.9 Å². The van der Waals surface area contributed by atoms with Crippen LogP contribution >= 0.6 is 0 Å². The number of nitrogens with one attached hydrogen (secondary N) is 1. The molecule has 3 aromatic rings. The van der Waals surface area contributed by atoms with Crippen molar-refractivity contribution in [1.82, 2.24) is 10.2 Å². The molecule has 0 spiro atoms. The molecule has 71 heavy (non-hydrogen) atoms. The van der Waals surface area contributed by atoms with Crippen LogP contribution in [0.1, 0.15) is 149 Å². The highest BCUT2D eigenvalue weighted by Gasteiger charge is 2.65. The molecule has 3 aromatic carbocycles. The van der Waals surface area contributed by atoms with E-state index in [1.54, 1.807) is 41.3 Å². The van der Waals surface area contributed by atoms with Gasteiger partial charge in [0.1, 0.15) is 24.7 Å². The fourth-order valence-corrected chi connectivity index (χ4v) is 11.2. The Bertz CT molecular complexity index is 2340. The highest BCUT2D eigenvalue weighted by molar-refractivity contribution is 6.03. The largest absolute Gasteiger partial charge is 0.459 e. The first kappa shape index (κ1) is 52.9. The number of allylic oxidation sites excluding steroid dienone is 1. The standard InChI is InChI=1S/C57H74N4O10/c1-4-6-7-8-9-10-11-12-13-16-29-59-56(65)70-44-26-28-49-47(35-44)53-45(20-15-18-31-63)43(19-14-17-30-62)34-46-48(60-66-3)36-52(57(71-49,54(46)53)69-32-5-2)61(55(64)42-24-21-40(37-58)22-25-42)38-41-23-27-50-51(33-41)68-39-67-50/h5,21-28,33-35,43,45,52-54,62-63H,2,4,6-20,29-32,36,38-39H2,1,3H3,(H,59,65)/t43-,45+,52-,53+,54+,57+/m0/s1. The Hall–Kier alpha value is -5.88. The monoisotopic (exact) mass is 975 g/mol. The number of aliphatic hydroxyl groups is 2. The number of rotatable bonds is 28. The first-order valence-electron chi connectivity index (χ1n) is 26.1. The summed E-state index contributed by atoms with van der Waals surface area (Å²) in [5.74, 6) is -0.720. The summed E-state index contributed by atoms with van der Waals surface area (Å²) >= 11 is 0. The zero-order valence-corrected chi connectivity index (χ0v) is 41.8. The highest BCUT2D eigenvalue weighted by atomic mass is 16.7. The van der Waals surface area contributed by atoms with Gasteiger partial charge in [0.15, 0.2) is 11.5 Å². The van der Waals surface area contributed by atoms with Gasteiger partial charge in [-0.3, -0.25) is 4.79 Å². The van der Waals surface area contributed by atoms with Crippen molar-refractivity contribution in [2.45, 2.75) is 140 Å². The van der Waals surface area contributed by atoms with Gasteiger partial charge in [-0.25, -0.2) is 4.79 Å². The van der Waals surface area contributed by atoms with Crippen molar-refractivity contribution in [3.63, 3.8) is 0 Å². The minimum Gasteiger partial charge on any atom is -0.459 e. The predicted molar refractivity (Wildman–Crippen MR) is 271 cm³/mol. The van der Waals surface area contributed by atoms with E-state index in [1.807, 2.05) is 30.3 Å². The van der Waals surface area contributed by atoms with Gasteiger partial charge >= 0.3 is 6.09 Å². The molecule has 14 heteroatoms. The lowest BCUT2D eigenvalue weighted by Gasteiger charge is -2.60. The fraction of sp³-hybridized carbons (Fsp3) is 0.544. The maximum Gasteiger partial charge on any atom is 0.412 e. The second kappa shape index (κ2) is 26.5. The molecule has 0 aromatic heterocycles. The lowest BCUT2D eigenvalue weighted by atomic mass is 9.55. The number of unbranched alkanes of at least 4 members (excludes halogenated alkanes) is 11. The highest BCUT2D eigenvalue weighted by Crippen LogP contribution is 2.62. The summed E-state index contributed by atoms with van der Waals surface area (Å²) in [5, 5.41) is 37.3. The molecule has 0 bridgehead atoms. The molecule has 2 amide bonds. The van der Waals surface area contributed by atoms with E-state index in [1.165, 1.54) is 52.1 Å². The van der Waals surface area contributed by atoms with E-state index in [-0.39, 0.29) is 63.2 Å². The minimum absolute atomic E-state index is 0.0112. The Kier molecular flexibility index (Phi) is 19.8. The van der Waals surface area contributed by atoms with Gasteiger partial charge in [-0.15, -0.1) is 6.58 Å². The molecular formula is C57H74N4O10. The maximum atomic E-state index is 15.4. The number of aliphatic hydroxyl groups excluding tert-OH is 2. The Morgan fingerprint density at radius 1 is 0.887 bits per heavy atom. The third-order valence-corrected chi connectivity index (χ3v) is 14.5. The van der Waals surface area contributed by atoms with Crippen LogP contribution in [-0.2, 0) is 16.1 Å². The molecule has 3 N–H and O–H groups in total. The number of fused-ring (bicyclic) bond motifs is 3. The van der Waals surface area contributed by atoms with E-state index in [2.05, 4.69) is 31.0 Å². The van der Waals surface area contributed by atoms with Crippen LogP contribution in [0.15, 0.2) is 90.1 Å². The molecule has 2 heterocycles. The molecule has 2 aliphatic heterocycles. The number of carbonyl (C=O) groups excluding carboxylic acids is 2. The van der Waals surface area contributed by atoms with E-state index >= 15 is 4.79 Å². The van der Waals surface area contributed by atoms with Gasteiger partial charge in [-0.2, -0.15) is 5.26 Å². The number of hydrogen-bond donors (Lipinski definition) is 3. The first-order valence-corrected chi connectivity index (χ1v) is 26.1. The maximum absolute atomic E-state index is 15.4. The zero-order valence-electron chi connectivity index (χ0n) is 41.8. The summed E-state index contributed by atoms with van der Waals surface area (Å²) in [5.41, 5.74) is 3.91. The summed E-state index contributed by atoms with van der Waals surface area (Å²) in [6.45, 7) is 7.21. The number of nitrogens with zero attached hydrogens (tertiary/aromatic N) is 3. The van der Waals surface area contributed by atoms with E-state index in [9.17, 15) is 20.3 Å². The third kappa shape index (κ3) is 13.0. The summed E-state index contributed by atoms with van der Waals surface area (Å²) in [6.07, 6.45) is 19.9. The second-order valence-corrected chi connectivity index (χ2v) is 19.3. The average Bonchev–Trinajstić information content (AvgIpc) is 3.86. The van der Waals surface area contributed by atoms with Crippen molar-refractivity contribution in [3.05, 3.63) is 107 Å². The normalized spacial score (nSPS) is 22.0. The van der Waals surface area contributed by atoms with Crippen LogP contribution in [0.2, 0.25) is 0 Å². The number of ether oxygens (including phenoxy) is 5. The summed E-state index contributed by atoms with van der Waals surface area (Å²) < 4.78 is 32.0. The molecule has 6 atom stereocenters. The molecule has 1 fully saturated rings. The van der Waals surface area contributed by atoms with Crippen molar-refractivity contribution >= 4 is 17.7 Å². The number of nitriles is 1. The Morgan fingerprint density at radius 3 is 2.30 bits per heavy atom. The van der Waals surface area contributed by atoms with Crippen LogP contribution in [0.4, 0.5) is 4.79 Å². The molecule has 7 rings (SSSR count). The molecule has 4 aliphatic rings. The number of benzene rings is 3. The first-order chi connectivity index (χ1) is 34.8. The molecule has 0 radical (unpaired) electrons. The van der Waals surface area contributed by atoms with Gasteiger partial charge in [0.2, 0.25) is 12.6 Å². The Balaban J connectivity index is 1.29.